The number of hydrogen-bond donors (Lipinski definition) is 1. The minimum absolute atomic E-state index is 0.171. The van der Waals surface area contributed by atoms with E-state index in [0.717, 1.165) is 39.3 Å². The summed E-state index contributed by atoms with van der Waals surface area (Å²) in [5.41, 5.74) is 1.40. The third-order valence-corrected chi connectivity index (χ3v) is 3.63. The van der Waals surface area contributed by atoms with E-state index in [4.69, 9.17) is 9.47 Å². The lowest BCUT2D eigenvalue weighted by Gasteiger charge is -2.27. The first-order valence-corrected chi connectivity index (χ1v) is 7.25. The second-order valence-electron chi connectivity index (χ2n) is 5.46. The van der Waals surface area contributed by atoms with Crippen molar-refractivity contribution in [3.8, 4) is 0 Å². The van der Waals surface area contributed by atoms with Gasteiger partial charge in [0, 0.05) is 18.6 Å². The van der Waals surface area contributed by atoms with Crippen molar-refractivity contribution in [1.82, 2.24) is 5.32 Å². The normalized spacial score (nSPS) is 22.8. The third-order valence-electron chi connectivity index (χ3n) is 3.63. The molecule has 0 amide bonds. The van der Waals surface area contributed by atoms with Crippen LogP contribution in [0.3, 0.4) is 0 Å². The van der Waals surface area contributed by atoms with Crippen LogP contribution < -0.4 is 5.32 Å². The van der Waals surface area contributed by atoms with Crippen molar-refractivity contribution in [2.45, 2.75) is 26.4 Å². The first kappa shape index (κ1) is 14.5. The van der Waals surface area contributed by atoms with Crippen LogP contribution in [0.5, 0.6) is 0 Å². The van der Waals surface area contributed by atoms with E-state index in [1.165, 1.54) is 12.0 Å². The molecule has 0 aromatic heterocycles. The molecule has 2 rings (SSSR count). The maximum atomic E-state index is 5.92. The Balaban J connectivity index is 1.77. The van der Waals surface area contributed by atoms with Gasteiger partial charge in [0.2, 0.25) is 0 Å². The molecule has 19 heavy (non-hydrogen) atoms. The molecular weight excluding hydrogens is 238 g/mol. The van der Waals surface area contributed by atoms with E-state index in [0.29, 0.717) is 6.61 Å². The lowest BCUT2D eigenvalue weighted by atomic mass is 9.88. The summed E-state index contributed by atoms with van der Waals surface area (Å²) in [6, 6.07) is 10.3. The molecule has 0 radical (unpaired) electrons. The van der Waals surface area contributed by atoms with Gasteiger partial charge in [-0.25, -0.2) is 0 Å². The Morgan fingerprint density at radius 1 is 1.32 bits per heavy atom. The second-order valence-corrected chi connectivity index (χ2v) is 5.46. The molecule has 1 aromatic rings. The van der Waals surface area contributed by atoms with Crippen molar-refractivity contribution in [3.05, 3.63) is 35.9 Å². The summed E-state index contributed by atoms with van der Waals surface area (Å²) in [4.78, 5) is 0. The summed E-state index contributed by atoms with van der Waals surface area (Å²) in [5, 5.41) is 3.51. The van der Waals surface area contributed by atoms with Crippen LogP contribution in [0.1, 0.15) is 25.3 Å². The maximum Gasteiger partial charge on any atom is 0.0717 e. The van der Waals surface area contributed by atoms with Crippen molar-refractivity contribution in [2.24, 2.45) is 5.41 Å². The van der Waals surface area contributed by atoms with Gasteiger partial charge in [-0.05, 0) is 24.9 Å². The fraction of sp³-hybridized carbons (Fsp3) is 0.625. The first-order valence-electron chi connectivity index (χ1n) is 7.25. The van der Waals surface area contributed by atoms with Gasteiger partial charge in [-0.3, -0.25) is 0 Å². The zero-order valence-electron chi connectivity index (χ0n) is 11.9. The molecule has 1 fully saturated rings. The van der Waals surface area contributed by atoms with Crippen LogP contribution in [0.15, 0.2) is 30.3 Å². The Bertz CT molecular complexity index is 347. The molecule has 3 heteroatoms. The summed E-state index contributed by atoms with van der Waals surface area (Å²) in [6.07, 6.45) is 2.26. The lowest BCUT2D eigenvalue weighted by Crippen LogP contribution is -2.39. The minimum Gasteiger partial charge on any atom is -0.381 e. The van der Waals surface area contributed by atoms with Crippen molar-refractivity contribution in [2.75, 3.05) is 32.9 Å². The molecule has 106 valence electrons. The smallest absolute Gasteiger partial charge is 0.0717 e. The topological polar surface area (TPSA) is 30.5 Å². The van der Waals surface area contributed by atoms with Crippen LogP contribution in [-0.2, 0) is 16.1 Å². The van der Waals surface area contributed by atoms with Gasteiger partial charge in [0.25, 0.3) is 0 Å². The predicted molar refractivity (Wildman–Crippen MR) is 77.1 cm³/mol. The zero-order chi connectivity index (χ0) is 13.4. The highest BCUT2D eigenvalue weighted by Gasteiger charge is 2.34. The molecule has 1 unspecified atom stereocenters. The highest BCUT2D eigenvalue weighted by molar-refractivity contribution is 5.13. The average molecular weight is 263 g/mol. The van der Waals surface area contributed by atoms with Crippen molar-refractivity contribution < 1.29 is 9.47 Å². The molecular formula is C16H25NO2. The number of hydrogen-bond acceptors (Lipinski definition) is 3. The van der Waals surface area contributed by atoms with E-state index in [9.17, 15) is 0 Å². The molecule has 1 aromatic carbocycles. The molecule has 1 saturated heterocycles. The summed E-state index contributed by atoms with van der Waals surface area (Å²) in [6.45, 7) is 7.41. The van der Waals surface area contributed by atoms with Crippen LogP contribution in [0, 0.1) is 5.41 Å². The molecule has 1 aliphatic rings. The average Bonchev–Trinajstić information content (AvgIpc) is 2.89. The van der Waals surface area contributed by atoms with Crippen molar-refractivity contribution >= 4 is 0 Å². The summed E-state index contributed by atoms with van der Waals surface area (Å²) in [5.74, 6) is 0. The zero-order valence-corrected chi connectivity index (χ0v) is 11.9. The van der Waals surface area contributed by atoms with Crippen molar-refractivity contribution in [1.29, 1.82) is 0 Å². The van der Waals surface area contributed by atoms with Crippen LogP contribution in [0.4, 0.5) is 0 Å². The van der Waals surface area contributed by atoms with E-state index in [1.807, 2.05) is 6.07 Å². The van der Waals surface area contributed by atoms with E-state index in [-0.39, 0.29) is 5.41 Å². The van der Waals surface area contributed by atoms with E-state index >= 15 is 0 Å². The van der Waals surface area contributed by atoms with E-state index in [2.05, 4.69) is 36.5 Å². The van der Waals surface area contributed by atoms with Gasteiger partial charge in [-0.1, -0.05) is 37.3 Å². The molecule has 0 bridgehead atoms. The lowest BCUT2D eigenvalue weighted by molar-refractivity contribution is 0.0253. The molecule has 1 N–H and O–H groups in total. The molecule has 1 heterocycles. The molecule has 0 aliphatic carbocycles. The van der Waals surface area contributed by atoms with Crippen LogP contribution in [0.25, 0.3) is 0 Å². The van der Waals surface area contributed by atoms with E-state index < -0.39 is 0 Å². The van der Waals surface area contributed by atoms with Gasteiger partial charge in [0.15, 0.2) is 0 Å². The van der Waals surface area contributed by atoms with Gasteiger partial charge in [-0.2, -0.15) is 0 Å². The number of rotatable bonds is 8. The number of ether oxygens (including phenoxy) is 2. The van der Waals surface area contributed by atoms with Gasteiger partial charge >= 0.3 is 0 Å². The van der Waals surface area contributed by atoms with Gasteiger partial charge in [0.05, 0.1) is 19.8 Å². The first-order chi connectivity index (χ1) is 9.35. The van der Waals surface area contributed by atoms with Crippen LogP contribution >= 0.6 is 0 Å². The van der Waals surface area contributed by atoms with Gasteiger partial charge in [0.1, 0.15) is 0 Å². The molecule has 0 spiro atoms. The second kappa shape index (κ2) is 7.63. The largest absolute Gasteiger partial charge is 0.381 e. The molecule has 1 atom stereocenters. The summed E-state index contributed by atoms with van der Waals surface area (Å²) < 4.78 is 11.5. The summed E-state index contributed by atoms with van der Waals surface area (Å²) >= 11 is 0. The maximum absolute atomic E-state index is 5.92. The van der Waals surface area contributed by atoms with Crippen LogP contribution in [-0.4, -0.2) is 32.9 Å². The Morgan fingerprint density at radius 2 is 2.16 bits per heavy atom. The Labute approximate surface area is 116 Å². The SMILES string of the molecule is CCCNCC1(COCc2ccccc2)CCOC1. The standard InChI is InChI=1S/C16H25NO2/c1-2-9-17-12-16(8-10-18-13-16)14-19-11-15-6-4-3-5-7-15/h3-7,17H,2,8-14H2,1H3. The third kappa shape index (κ3) is 4.60. The Morgan fingerprint density at radius 3 is 2.84 bits per heavy atom. The number of benzene rings is 1. The highest BCUT2D eigenvalue weighted by atomic mass is 16.5. The summed E-state index contributed by atoms with van der Waals surface area (Å²) in [7, 11) is 0. The molecule has 1 aliphatic heterocycles. The van der Waals surface area contributed by atoms with Gasteiger partial charge < -0.3 is 14.8 Å². The molecule has 0 saturated carbocycles. The van der Waals surface area contributed by atoms with Crippen molar-refractivity contribution in [3.63, 3.8) is 0 Å². The monoisotopic (exact) mass is 263 g/mol. The Kier molecular flexibility index (Phi) is 5.83. The van der Waals surface area contributed by atoms with E-state index in [1.54, 1.807) is 0 Å². The fourth-order valence-electron chi connectivity index (χ4n) is 2.44. The van der Waals surface area contributed by atoms with Crippen LogP contribution in [0.2, 0.25) is 0 Å². The minimum atomic E-state index is 0.171. The quantitative estimate of drug-likeness (QED) is 0.731. The molecule has 3 nitrogen and oxygen atoms in total. The van der Waals surface area contributed by atoms with Gasteiger partial charge in [-0.15, -0.1) is 0 Å². The fourth-order valence-corrected chi connectivity index (χ4v) is 2.44. The highest BCUT2D eigenvalue weighted by Crippen LogP contribution is 2.28. The Hall–Kier alpha value is -0.900. The number of nitrogens with one attached hydrogen (secondary N) is 1. The predicted octanol–water partition coefficient (Wildman–Crippen LogP) is 2.61.